The molecule has 4 N–H and O–H groups in total. The number of amides is 2. The van der Waals surface area contributed by atoms with E-state index in [0.29, 0.717) is 24.0 Å². The van der Waals surface area contributed by atoms with E-state index in [0.717, 1.165) is 4.90 Å². The zero-order valence-electron chi connectivity index (χ0n) is 20.0. The summed E-state index contributed by atoms with van der Waals surface area (Å²) in [5, 5.41) is 19.0. The van der Waals surface area contributed by atoms with E-state index in [-0.39, 0.29) is 18.9 Å². The Labute approximate surface area is 192 Å². The number of aromatic hydroxyl groups is 2. The Hall–Kier alpha value is -3.44. The molecule has 0 aliphatic heterocycles. The monoisotopic (exact) mass is 470 g/mol. The molecule has 0 fully saturated rings. The zero-order chi connectivity index (χ0) is 25.4. The quantitative estimate of drug-likeness (QED) is 0.308. The highest BCUT2D eigenvalue weighted by Gasteiger charge is 2.26. The molecule has 0 aliphatic carbocycles. The van der Waals surface area contributed by atoms with Gasteiger partial charge in [-0.25, -0.2) is 19.3 Å². The van der Waals surface area contributed by atoms with E-state index in [4.69, 9.17) is 20.0 Å². The number of aliphatic imine (C=N–C) groups is 1. The summed E-state index contributed by atoms with van der Waals surface area (Å²) in [6.07, 6.45) is -0.398. The number of guanidine groups is 1. The summed E-state index contributed by atoms with van der Waals surface area (Å²) in [5.74, 6) is -1.84. The van der Waals surface area contributed by atoms with Crippen LogP contribution in [0.1, 0.15) is 67.2 Å². The predicted octanol–water partition coefficient (Wildman–Crippen LogP) is 2.90. The Balaban J connectivity index is 2.65. The first-order chi connectivity index (χ1) is 15.1. The van der Waals surface area contributed by atoms with Gasteiger partial charge in [0.05, 0.1) is 0 Å². The highest BCUT2D eigenvalue weighted by Crippen LogP contribution is 2.19. The van der Waals surface area contributed by atoms with Crippen molar-refractivity contribution in [3.63, 3.8) is 0 Å². The highest BCUT2D eigenvalue weighted by molar-refractivity contribution is 5.98. The second kappa shape index (κ2) is 11.4. The van der Waals surface area contributed by atoms with E-state index >= 15 is 0 Å². The standard InChI is InChI=1S/C21H34N4O8/c1-20(2,3)31-18(29)23-17(22)24(19(30)32-21(4,5)6)13-9-7-8-10-16(28)33-25-14(26)11-12-15(25)27/h11-12,26-27H,7-10,13H2,1-6H3,(H2,22,23,29). The van der Waals surface area contributed by atoms with Gasteiger partial charge in [-0.2, -0.15) is 0 Å². The van der Waals surface area contributed by atoms with Crippen molar-refractivity contribution >= 4 is 24.1 Å². The van der Waals surface area contributed by atoms with Crippen LogP contribution in [0.2, 0.25) is 0 Å². The lowest BCUT2D eigenvalue weighted by Gasteiger charge is -2.26. The largest absolute Gasteiger partial charge is 0.492 e. The molecule has 12 heteroatoms. The van der Waals surface area contributed by atoms with Crippen LogP contribution in [0.15, 0.2) is 17.1 Å². The molecular formula is C21H34N4O8. The molecule has 12 nitrogen and oxygen atoms in total. The first-order valence-corrected chi connectivity index (χ1v) is 10.5. The van der Waals surface area contributed by atoms with Crippen LogP contribution in [-0.4, -0.2) is 61.7 Å². The van der Waals surface area contributed by atoms with Crippen LogP contribution in [0, 0.1) is 0 Å². The zero-order valence-corrected chi connectivity index (χ0v) is 20.0. The van der Waals surface area contributed by atoms with Gasteiger partial charge in [0, 0.05) is 25.1 Å². The molecule has 0 aromatic carbocycles. The van der Waals surface area contributed by atoms with E-state index in [1.807, 2.05) is 0 Å². The van der Waals surface area contributed by atoms with Gasteiger partial charge in [-0.1, -0.05) is 6.42 Å². The Bertz CT molecular complexity index is 845. The maximum Gasteiger partial charge on any atom is 0.437 e. The molecule has 1 heterocycles. The van der Waals surface area contributed by atoms with Crippen LogP contribution in [-0.2, 0) is 14.3 Å². The topological polar surface area (TPSA) is 166 Å². The number of rotatable bonds is 7. The van der Waals surface area contributed by atoms with Crippen molar-refractivity contribution in [2.24, 2.45) is 10.7 Å². The fourth-order valence-electron chi connectivity index (χ4n) is 2.41. The van der Waals surface area contributed by atoms with Crippen molar-refractivity contribution < 1.29 is 38.9 Å². The minimum atomic E-state index is -0.937. The smallest absolute Gasteiger partial charge is 0.437 e. The average molecular weight is 471 g/mol. The van der Waals surface area contributed by atoms with Crippen LogP contribution in [0.5, 0.6) is 11.8 Å². The fourth-order valence-corrected chi connectivity index (χ4v) is 2.41. The van der Waals surface area contributed by atoms with Crippen LogP contribution in [0.4, 0.5) is 9.59 Å². The van der Waals surface area contributed by atoms with E-state index in [2.05, 4.69) is 4.99 Å². The molecule has 0 radical (unpaired) electrons. The van der Waals surface area contributed by atoms with Crippen molar-refractivity contribution in [1.29, 1.82) is 0 Å². The molecule has 0 spiro atoms. The molecule has 1 aromatic heterocycles. The van der Waals surface area contributed by atoms with Gasteiger partial charge in [0.25, 0.3) is 0 Å². The molecule has 0 saturated heterocycles. The third-order valence-corrected chi connectivity index (χ3v) is 3.74. The molecule has 1 rings (SSSR count). The molecule has 186 valence electrons. The van der Waals surface area contributed by atoms with Gasteiger partial charge < -0.3 is 30.3 Å². The Morgan fingerprint density at radius 3 is 2.03 bits per heavy atom. The van der Waals surface area contributed by atoms with Gasteiger partial charge in [0.1, 0.15) is 11.2 Å². The summed E-state index contributed by atoms with van der Waals surface area (Å²) in [7, 11) is 0. The van der Waals surface area contributed by atoms with Crippen molar-refractivity contribution in [2.45, 2.75) is 78.4 Å². The minimum absolute atomic E-state index is 0.00494. The number of carbonyl (C=O) groups excluding carboxylic acids is 3. The third-order valence-electron chi connectivity index (χ3n) is 3.74. The number of hydrogen-bond donors (Lipinski definition) is 3. The van der Waals surface area contributed by atoms with Crippen LogP contribution >= 0.6 is 0 Å². The molecule has 0 saturated carbocycles. The third kappa shape index (κ3) is 10.6. The molecule has 0 bridgehead atoms. The number of hydrogen-bond acceptors (Lipinski definition) is 8. The van der Waals surface area contributed by atoms with E-state index in [1.54, 1.807) is 41.5 Å². The summed E-state index contributed by atoms with van der Waals surface area (Å²) in [4.78, 5) is 45.9. The van der Waals surface area contributed by atoms with Crippen molar-refractivity contribution in [3.05, 3.63) is 12.1 Å². The van der Waals surface area contributed by atoms with Crippen LogP contribution in [0.3, 0.4) is 0 Å². The number of aromatic nitrogens is 1. The lowest BCUT2D eigenvalue weighted by molar-refractivity contribution is -0.145. The van der Waals surface area contributed by atoms with Crippen LogP contribution < -0.4 is 10.6 Å². The summed E-state index contributed by atoms with van der Waals surface area (Å²) in [5.41, 5.74) is 4.31. The van der Waals surface area contributed by atoms with Gasteiger partial charge in [-0.15, -0.1) is 9.72 Å². The van der Waals surface area contributed by atoms with Gasteiger partial charge in [-0.3, -0.25) is 0 Å². The van der Waals surface area contributed by atoms with Gasteiger partial charge in [-0.05, 0) is 54.4 Å². The molecule has 0 atom stereocenters. The molecule has 2 amide bonds. The second-order valence-electron chi connectivity index (χ2n) is 9.20. The van der Waals surface area contributed by atoms with Gasteiger partial charge in [0.15, 0.2) is 0 Å². The van der Waals surface area contributed by atoms with Gasteiger partial charge in [0.2, 0.25) is 17.7 Å². The van der Waals surface area contributed by atoms with E-state index in [9.17, 15) is 24.6 Å². The summed E-state index contributed by atoms with van der Waals surface area (Å²) in [6.45, 7) is 10.2. The Kier molecular flexibility index (Phi) is 9.56. The molecule has 1 aromatic rings. The van der Waals surface area contributed by atoms with Crippen molar-refractivity contribution in [1.82, 2.24) is 9.63 Å². The predicted molar refractivity (Wildman–Crippen MR) is 119 cm³/mol. The minimum Gasteiger partial charge on any atom is -0.492 e. The first kappa shape index (κ1) is 27.6. The Morgan fingerprint density at radius 2 is 1.52 bits per heavy atom. The van der Waals surface area contributed by atoms with Crippen molar-refractivity contribution in [3.8, 4) is 11.8 Å². The number of unbranched alkanes of at least 4 members (excludes halogenated alkanes) is 2. The first-order valence-electron chi connectivity index (χ1n) is 10.5. The number of nitrogens with zero attached hydrogens (tertiary/aromatic N) is 3. The summed E-state index contributed by atoms with van der Waals surface area (Å²) in [6, 6.07) is 2.36. The fraction of sp³-hybridized carbons (Fsp3) is 0.619. The number of nitrogens with two attached hydrogens (primary N) is 1. The molecule has 0 aliphatic rings. The number of ether oxygens (including phenoxy) is 2. The SMILES string of the molecule is CC(C)(C)OC(=O)N=C(N)N(CCCCCC(=O)On1c(O)ccc1O)C(=O)OC(C)(C)C. The molecular weight excluding hydrogens is 436 g/mol. The van der Waals surface area contributed by atoms with Crippen LogP contribution in [0.25, 0.3) is 0 Å². The molecule has 0 unspecified atom stereocenters. The maximum atomic E-state index is 12.5. The maximum absolute atomic E-state index is 12.5. The normalized spacial score (nSPS) is 12.2. The summed E-state index contributed by atoms with van der Waals surface area (Å²) >= 11 is 0. The molecule has 33 heavy (non-hydrogen) atoms. The summed E-state index contributed by atoms with van der Waals surface area (Å²) < 4.78 is 11.0. The second-order valence-corrected chi connectivity index (χ2v) is 9.20. The number of carbonyl (C=O) groups is 3. The Morgan fingerprint density at radius 1 is 0.970 bits per heavy atom. The van der Waals surface area contributed by atoms with E-state index < -0.39 is 41.1 Å². The highest BCUT2D eigenvalue weighted by atomic mass is 16.7. The lowest BCUT2D eigenvalue weighted by Crippen LogP contribution is -2.45. The average Bonchev–Trinajstić information content (AvgIpc) is 2.93. The lowest BCUT2D eigenvalue weighted by atomic mass is 10.2. The van der Waals surface area contributed by atoms with Crippen molar-refractivity contribution in [2.75, 3.05) is 6.54 Å². The van der Waals surface area contributed by atoms with Gasteiger partial charge >= 0.3 is 18.2 Å². The van der Waals surface area contributed by atoms with E-state index in [1.165, 1.54) is 12.1 Å².